The molecule has 2 aliphatic rings. The van der Waals surface area contributed by atoms with Gasteiger partial charge in [-0.15, -0.1) is 0 Å². The predicted molar refractivity (Wildman–Crippen MR) is 69.5 cm³/mol. The lowest BCUT2D eigenvalue weighted by atomic mass is 9.87. The van der Waals surface area contributed by atoms with Crippen molar-refractivity contribution in [2.24, 2.45) is 5.92 Å². The Morgan fingerprint density at radius 1 is 1.39 bits per heavy atom. The Morgan fingerprint density at radius 2 is 2.06 bits per heavy atom. The summed E-state index contributed by atoms with van der Waals surface area (Å²) in [6.07, 6.45) is 8.18. The molecule has 98 valence electrons. The zero-order chi connectivity index (χ0) is 12.7. The average molecular weight is 247 g/mol. The monoisotopic (exact) mass is 247 g/mol. The first-order valence-electron chi connectivity index (χ1n) is 6.98. The second kappa shape index (κ2) is 4.50. The van der Waals surface area contributed by atoms with Crippen LogP contribution >= 0.6 is 0 Å². The molecule has 2 bridgehead atoms. The lowest BCUT2D eigenvalue weighted by Gasteiger charge is -2.35. The summed E-state index contributed by atoms with van der Waals surface area (Å²) in [6, 6.07) is 1.23. The second-order valence-corrected chi connectivity index (χ2v) is 5.62. The molecule has 0 spiro atoms. The molecule has 2 aliphatic heterocycles. The summed E-state index contributed by atoms with van der Waals surface area (Å²) in [5.74, 6) is 1.10. The van der Waals surface area contributed by atoms with E-state index in [-0.39, 0.29) is 11.7 Å². The third-order valence-electron chi connectivity index (χ3n) is 4.75. The largest absolute Gasteiger partial charge is 0.329 e. The van der Waals surface area contributed by atoms with E-state index in [0.29, 0.717) is 17.9 Å². The molecule has 2 atom stereocenters. The Bertz CT molecular complexity index is 440. The van der Waals surface area contributed by atoms with E-state index in [1.165, 1.54) is 12.8 Å². The summed E-state index contributed by atoms with van der Waals surface area (Å²) in [6.45, 7) is 2.87. The third kappa shape index (κ3) is 1.79. The molecule has 0 amide bonds. The molecule has 0 aromatic carbocycles. The second-order valence-electron chi connectivity index (χ2n) is 5.62. The fourth-order valence-electron chi connectivity index (χ4n) is 3.60. The van der Waals surface area contributed by atoms with E-state index in [4.69, 9.17) is 0 Å². The van der Waals surface area contributed by atoms with Gasteiger partial charge in [-0.2, -0.15) is 0 Å². The number of carbonyl (C=O) groups excluding carboxylic acids is 1. The minimum atomic E-state index is 0.186. The van der Waals surface area contributed by atoms with Gasteiger partial charge in [-0.25, -0.2) is 4.98 Å². The van der Waals surface area contributed by atoms with Crippen LogP contribution in [0.25, 0.3) is 0 Å². The molecule has 2 unspecified atom stereocenters. The number of aromatic nitrogens is 2. The standard InChI is InChI=1S/C14H21N3O/c1-3-17-7-6-15-14(17)13(18)10-8-11-4-5-12(9-10)16(11)2/h6-7,10-12H,3-5,8-9H2,1-2H3. The number of hydrogen-bond donors (Lipinski definition) is 0. The number of fused-ring (bicyclic) bond motifs is 2. The van der Waals surface area contributed by atoms with Crippen molar-refractivity contribution < 1.29 is 4.79 Å². The predicted octanol–water partition coefficient (Wildman–Crippen LogP) is 1.96. The molecule has 1 aromatic heterocycles. The summed E-state index contributed by atoms with van der Waals surface area (Å²) in [7, 11) is 2.20. The lowest BCUT2D eigenvalue weighted by molar-refractivity contribution is 0.0752. The van der Waals surface area contributed by atoms with Crippen LogP contribution in [0.15, 0.2) is 12.4 Å². The van der Waals surface area contributed by atoms with Gasteiger partial charge in [0.05, 0.1) is 0 Å². The van der Waals surface area contributed by atoms with Crippen LogP contribution in [0, 0.1) is 5.92 Å². The molecule has 4 nitrogen and oxygen atoms in total. The minimum absolute atomic E-state index is 0.186. The Morgan fingerprint density at radius 3 is 2.67 bits per heavy atom. The molecule has 0 radical (unpaired) electrons. The van der Waals surface area contributed by atoms with Crippen molar-refractivity contribution in [3.05, 3.63) is 18.2 Å². The van der Waals surface area contributed by atoms with Crippen LogP contribution in [0.3, 0.4) is 0 Å². The van der Waals surface area contributed by atoms with Gasteiger partial charge in [0.2, 0.25) is 5.78 Å². The van der Waals surface area contributed by atoms with Gasteiger partial charge in [-0.3, -0.25) is 4.79 Å². The molecular formula is C14H21N3O. The van der Waals surface area contributed by atoms with Gasteiger partial charge in [0.25, 0.3) is 0 Å². The molecule has 0 aliphatic carbocycles. The Hall–Kier alpha value is -1.16. The van der Waals surface area contributed by atoms with Crippen LogP contribution in [-0.4, -0.2) is 39.4 Å². The smallest absolute Gasteiger partial charge is 0.201 e. The highest BCUT2D eigenvalue weighted by molar-refractivity contribution is 5.94. The zero-order valence-corrected chi connectivity index (χ0v) is 11.2. The quantitative estimate of drug-likeness (QED) is 0.766. The van der Waals surface area contributed by atoms with Crippen molar-refractivity contribution in [1.82, 2.24) is 14.5 Å². The molecule has 2 fully saturated rings. The molecule has 3 rings (SSSR count). The van der Waals surface area contributed by atoms with Gasteiger partial charge < -0.3 is 9.47 Å². The first-order chi connectivity index (χ1) is 8.70. The van der Waals surface area contributed by atoms with Crippen LogP contribution in [0.2, 0.25) is 0 Å². The average Bonchev–Trinajstić information content (AvgIpc) is 2.90. The van der Waals surface area contributed by atoms with E-state index in [9.17, 15) is 4.79 Å². The highest BCUT2D eigenvalue weighted by atomic mass is 16.1. The summed E-state index contributed by atoms with van der Waals surface area (Å²) in [5, 5.41) is 0. The van der Waals surface area contributed by atoms with Gasteiger partial charge in [-0.05, 0) is 39.7 Å². The van der Waals surface area contributed by atoms with Gasteiger partial charge >= 0.3 is 0 Å². The van der Waals surface area contributed by atoms with Crippen molar-refractivity contribution in [3.8, 4) is 0 Å². The minimum Gasteiger partial charge on any atom is -0.329 e. The third-order valence-corrected chi connectivity index (χ3v) is 4.75. The van der Waals surface area contributed by atoms with Gasteiger partial charge in [0.15, 0.2) is 5.82 Å². The summed E-state index contributed by atoms with van der Waals surface area (Å²) < 4.78 is 1.96. The Balaban J connectivity index is 1.78. The number of Topliss-reactive ketones (excluding diaryl/α,β-unsaturated/α-hetero) is 1. The molecule has 3 heterocycles. The normalized spacial score (nSPS) is 31.8. The molecule has 4 heteroatoms. The van der Waals surface area contributed by atoms with E-state index in [1.807, 2.05) is 10.8 Å². The fraction of sp³-hybridized carbons (Fsp3) is 0.714. The van der Waals surface area contributed by atoms with Crippen molar-refractivity contribution in [2.75, 3.05) is 7.05 Å². The zero-order valence-electron chi connectivity index (χ0n) is 11.2. The number of nitrogens with zero attached hydrogens (tertiary/aromatic N) is 3. The highest BCUT2D eigenvalue weighted by Gasteiger charge is 2.41. The van der Waals surface area contributed by atoms with Crippen molar-refractivity contribution in [2.45, 2.75) is 51.2 Å². The Kier molecular flexibility index (Phi) is 2.98. The molecule has 18 heavy (non-hydrogen) atoms. The molecule has 0 saturated carbocycles. The Labute approximate surface area is 108 Å². The van der Waals surface area contributed by atoms with Crippen LogP contribution in [0.1, 0.15) is 43.2 Å². The first-order valence-corrected chi connectivity index (χ1v) is 6.98. The van der Waals surface area contributed by atoms with Crippen molar-refractivity contribution in [1.29, 1.82) is 0 Å². The van der Waals surface area contributed by atoms with Crippen LogP contribution in [0.5, 0.6) is 0 Å². The fourth-order valence-corrected chi connectivity index (χ4v) is 3.60. The molecule has 0 N–H and O–H groups in total. The number of piperidine rings is 1. The number of aryl methyl sites for hydroxylation is 1. The van der Waals surface area contributed by atoms with E-state index in [1.54, 1.807) is 6.20 Å². The summed E-state index contributed by atoms with van der Waals surface area (Å²) >= 11 is 0. The maximum atomic E-state index is 12.6. The lowest BCUT2D eigenvalue weighted by Crippen LogP contribution is -2.42. The van der Waals surface area contributed by atoms with E-state index < -0.39 is 0 Å². The number of hydrogen-bond acceptors (Lipinski definition) is 3. The van der Waals surface area contributed by atoms with E-state index >= 15 is 0 Å². The SMILES string of the molecule is CCn1ccnc1C(=O)C1CC2CCC(C1)N2C. The summed E-state index contributed by atoms with van der Waals surface area (Å²) in [5.41, 5.74) is 0. The number of carbonyl (C=O) groups is 1. The topological polar surface area (TPSA) is 38.1 Å². The number of rotatable bonds is 3. The van der Waals surface area contributed by atoms with Crippen LogP contribution < -0.4 is 0 Å². The molecular weight excluding hydrogens is 226 g/mol. The molecule has 2 saturated heterocycles. The number of imidazole rings is 1. The maximum Gasteiger partial charge on any atom is 0.201 e. The van der Waals surface area contributed by atoms with Crippen LogP contribution in [-0.2, 0) is 6.54 Å². The van der Waals surface area contributed by atoms with Crippen molar-refractivity contribution in [3.63, 3.8) is 0 Å². The molecule has 1 aromatic rings. The van der Waals surface area contributed by atoms with Crippen LogP contribution in [0.4, 0.5) is 0 Å². The van der Waals surface area contributed by atoms with Crippen molar-refractivity contribution >= 4 is 5.78 Å². The highest BCUT2D eigenvalue weighted by Crippen LogP contribution is 2.38. The maximum absolute atomic E-state index is 12.6. The number of ketones is 1. The summed E-state index contributed by atoms with van der Waals surface area (Å²) in [4.78, 5) is 19.3. The van der Waals surface area contributed by atoms with Gasteiger partial charge in [-0.1, -0.05) is 0 Å². The first kappa shape index (κ1) is 11.9. The van der Waals surface area contributed by atoms with E-state index in [2.05, 4.69) is 23.9 Å². The van der Waals surface area contributed by atoms with E-state index in [0.717, 1.165) is 19.4 Å². The van der Waals surface area contributed by atoms with Gasteiger partial charge in [0.1, 0.15) is 0 Å². The van der Waals surface area contributed by atoms with Gasteiger partial charge in [0, 0.05) is 36.9 Å².